The van der Waals surface area contributed by atoms with Gasteiger partial charge >= 0.3 is 0 Å². The summed E-state index contributed by atoms with van der Waals surface area (Å²) in [5, 5.41) is 6.84. The van der Waals surface area contributed by atoms with Crippen LogP contribution in [0.5, 0.6) is 5.75 Å². The number of ether oxygens (including phenoxy) is 1. The molecule has 0 saturated carbocycles. The minimum Gasteiger partial charge on any atom is -0.489 e. The van der Waals surface area contributed by atoms with E-state index in [2.05, 4.69) is 17.3 Å². The summed E-state index contributed by atoms with van der Waals surface area (Å²) < 4.78 is 75.8. The maximum Gasteiger partial charge on any atom is 0.255 e. The molecule has 0 atom stereocenters. The summed E-state index contributed by atoms with van der Waals surface area (Å²) in [5.74, 6) is -9.93. The van der Waals surface area contributed by atoms with E-state index in [0.29, 0.717) is 17.0 Å². The van der Waals surface area contributed by atoms with Crippen LogP contribution in [-0.4, -0.2) is 15.7 Å². The normalized spacial score (nSPS) is 11.1. The van der Waals surface area contributed by atoms with Crippen molar-refractivity contribution >= 4 is 11.6 Å². The van der Waals surface area contributed by atoms with Crippen molar-refractivity contribution in [3.05, 3.63) is 111 Å². The Balaban J connectivity index is 1.50. The first-order chi connectivity index (χ1) is 18.1. The molecule has 0 saturated heterocycles. The van der Waals surface area contributed by atoms with Gasteiger partial charge in [-0.05, 0) is 55.7 Å². The lowest BCUT2D eigenvalue weighted by molar-refractivity contribution is 0.102. The number of carbonyl (C=O) groups excluding carboxylic acids is 1. The van der Waals surface area contributed by atoms with Gasteiger partial charge in [0.1, 0.15) is 12.4 Å². The van der Waals surface area contributed by atoms with Gasteiger partial charge in [-0.2, -0.15) is 5.10 Å². The molecular formula is C28H24F5N3O2. The maximum absolute atomic E-state index is 14.2. The molecule has 1 heterocycles. The molecule has 0 aliphatic carbocycles. The highest BCUT2D eigenvalue weighted by Crippen LogP contribution is 2.26. The van der Waals surface area contributed by atoms with Crippen LogP contribution < -0.4 is 10.1 Å². The Morgan fingerprint density at radius 1 is 0.895 bits per heavy atom. The van der Waals surface area contributed by atoms with Crippen LogP contribution in [0.15, 0.2) is 48.5 Å². The standard InChI is InChI=1S/C28H24F5N3O2/c1-4-17-8-10-20(11-9-17)38-14-18-6-5-7-19(12-18)28(37)34-27-15(2)35-36(16(27)3)13-21-22(29)24(31)26(33)25(32)23(21)30/h5-12H,4,13-14H2,1-3H3,(H,34,37). The zero-order valence-electron chi connectivity index (χ0n) is 20.8. The Bertz CT molecular complexity index is 1470. The molecule has 4 rings (SSSR count). The zero-order valence-corrected chi connectivity index (χ0v) is 20.8. The van der Waals surface area contributed by atoms with Crippen molar-refractivity contribution in [3.63, 3.8) is 0 Å². The molecule has 10 heteroatoms. The van der Waals surface area contributed by atoms with E-state index in [4.69, 9.17) is 4.74 Å². The number of nitrogens with zero attached hydrogens (tertiary/aromatic N) is 2. The van der Waals surface area contributed by atoms with Crippen LogP contribution in [0.3, 0.4) is 0 Å². The van der Waals surface area contributed by atoms with E-state index >= 15 is 0 Å². The predicted molar refractivity (Wildman–Crippen MR) is 132 cm³/mol. The fraction of sp³-hybridized carbons (Fsp3) is 0.214. The van der Waals surface area contributed by atoms with Crippen LogP contribution in [-0.2, 0) is 19.6 Å². The van der Waals surface area contributed by atoms with Gasteiger partial charge in [0.25, 0.3) is 5.91 Å². The second-order valence-electron chi connectivity index (χ2n) is 8.69. The van der Waals surface area contributed by atoms with Gasteiger partial charge < -0.3 is 10.1 Å². The smallest absolute Gasteiger partial charge is 0.255 e. The Hall–Kier alpha value is -4.21. The second-order valence-corrected chi connectivity index (χ2v) is 8.69. The van der Waals surface area contributed by atoms with E-state index in [1.54, 1.807) is 25.1 Å². The number of benzene rings is 3. The highest BCUT2D eigenvalue weighted by molar-refractivity contribution is 6.05. The number of hydrogen-bond acceptors (Lipinski definition) is 3. The number of hydrogen-bond donors (Lipinski definition) is 1. The first kappa shape index (κ1) is 26.8. The first-order valence-electron chi connectivity index (χ1n) is 11.8. The number of halogens is 5. The SMILES string of the molecule is CCc1ccc(OCc2cccc(C(=O)Nc3c(C)nn(Cc4c(F)c(F)c(F)c(F)c4F)c3C)c2)cc1. The molecule has 38 heavy (non-hydrogen) atoms. The first-order valence-corrected chi connectivity index (χ1v) is 11.8. The minimum absolute atomic E-state index is 0.241. The van der Waals surface area contributed by atoms with Gasteiger partial charge in [-0.3, -0.25) is 9.48 Å². The van der Waals surface area contributed by atoms with E-state index in [-0.39, 0.29) is 18.0 Å². The number of aryl methyl sites for hydroxylation is 2. The molecule has 1 aromatic heterocycles. The van der Waals surface area contributed by atoms with Gasteiger partial charge in [0.05, 0.1) is 29.2 Å². The molecule has 1 N–H and O–H groups in total. The van der Waals surface area contributed by atoms with E-state index in [9.17, 15) is 26.7 Å². The quantitative estimate of drug-likeness (QED) is 0.158. The fourth-order valence-electron chi connectivity index (χ4n) is 3.95. The average Bonchev–Trinajstić information content (AvgIpc) is 3.19. The van der Waals surface area contributed by atoms with Gasteiger partial charge in [0, 0.05) is 5.56 Å². The minimum atomic E-state index is -2.23. The number of rotatable bonds is 8. The van der Waals surface area contributed by atoms with Crippen LogP contribution in [0.1, 0.15) is 45.4 Å². The molecule has 5 nitrogen and oxygen atoms in total. The third-order valence-electron chi connectivity index (χ3n) is 6.15. The number of amides is 1. The largest absolute Gasteiger partial charge is 0.489 e. The molecule has 4 aromatic rings. The number of anilines is 1. The molecule has 0 bridgehead atoms. The van der Waals surface area contributed by atoms with Gasteiger partial charge in [-0.25, -0.2) is 22.0 Å². The lowest BCUT2D eigenvalue weighted by atomic mass is 10.1. The number of carbonyl (C=O) groups is 1. The van der Waals surface area contributed by atoms with Gasteiger partial charge in [0.15, 0.2) is 23.3 Å². The van der Waals surface area contributed by atoms with Gasteiger partial charge in [0.2, 0.25) is 5.82 Å². The van der Waals surface area contributed by atoms with Crippen molar-refractivity contribution in [3.8, 4) is 5.75 Å². The maximum atomic E-state index is 14.2. The summed E-state index contributed by atoms with van der Waals surface area (Å²) >= 11 is 0. The molecule has 0 spiro atoms. The molecule has 3 aromatic carbocycles. The van der Waals surface area contributed by atoms with Crippen LogP contribution >= 0.6 is 0 Å². The van der Waals surface area contributed by atoms with Crippen molar-refractivity contribution in [2.45, 2.75) is 40.3 Å². The second kappa shape index (κ2) is 11.0. The van der Waals surface area contributed by atoms with Crippen molar-refractivity contribution in [2.75, 3.05) is 5.32 Å². The average molecular weight is 530 g/mol. The Kier molecular flexibility index (Phi) is 7.80. The van der Waals surface area contributed by atoms with Gasteiger partial charge in [-0.1, -0.05) is 31.2 Å². The van der Waals surface area contributed by atoms with E-state index in [1.165, 1.54) is 12.5 Å². The lowest BCUT2D eigenvalue weighted by Crippen LogP contribution is -2.15. The number of aromatic nitrogens is 2. The molecule has 0 radical (unpaired) electrons. The topological polar surface area (TPSA) is 56.1 Å². The summed E-state index contributed by atoms with van der Waals surface area (Å²) in [5.41, 5.74) is 2.09. The van der Waals surface area contributed by atoms with Crippen molar-refractivity contribution in [1.82, 2.24) is 9.78 Å². The van der Waals surface area contributed by atoms with E-state index in [0.717, 1.165) is 16.7 Å². The molecule has 0 unspecified atom stereocenters. The third-order valence-corrected chi connectivity index (χ3v) is 6.15. The van der Waals surface area contributed by atoms with Gasteiger partial charge in [-0.15, -0.1) is 0 Å². The van der Waals surface area contributed by atoms with Crippen molar-refractivity contribution in [2.24, 2.45) is 0 Å². The van der Waals surface area contributed by atoms with Crippen LogP contribution in [0, 0.1) is 42.9 Å². The van der Waals surface area contributed by atoms with Crippen LogP contribution in [0.2, 0.25) is 0 Å². The Morgan fingerprint density at radius 2 is 1.53 bits per heavy atom. The highest BCUT2D eigenvalue weighted by atomic mass is 19.2. The number of nitrogens with one attached hydrogen (secondary N) is 1. The van der Waals surface area contributed by atoms with Crippen molar-refractivity contribution in [1.29, 1.82) is 0 Å². The molecule has 198 valence electrons. The molecule has 0 fully saturated rings. The summed E-state index contributed by atoms with van der Waals surface area (Å²) in [7, 11) is 0. The molecule has 0 aliphatic heterocycles. The fourth-order valence-corrected chi connectivity index (χ4v) is 3.95. The monoisotopic (exact) mass is 529 g/mol. The lowest BCUT2D eigenvalue weighted by Gasteiger charge is -2.11. The van der Waals surface area contributed by atoms with Crippen LogP contribution in [0.25, 0.3) is 0 Å². The highest BCUT2D eigenvalue weighted by Gasteiger charge is 2.27. The molecular weight excluding hydrogens is 505 g/mol. The third kappa shape index (κ3) is 5.39. The molecule has 1 amide bonds. The van der Waals surface area contributed by atoms with Crippen LogP contribution in [0.4, 0.5) is 27.6 Å². The Labute approximate surface area is 215 Å². The molecule has 0 aliphatic rings. The van der Waals surface area contributed by atoms with E-state index in [1.807, 2.05) is 30.3 Å². The summed E-state index contributed by atoms with van der Waals surface area (Å²) in [6, 6.07) is 14.5. The van der Waals surface area contributed by atoms with Crippen molar-refractivity contribution < 1.29 is 31.5 Å². The summed E-state index contributed by atoms with van der Waals surface area (Å²) in [6.07, 6.45) is 0.923. The summed E-state index contributed by atoms with van der Waals surface area (Å²) in [4.78, 5) is 13.0. The van der Waals surface area contributed by atoms with E-state index < -0.39 is 47.1 Å². The Morgan fingerprint density at radius 3 is 2.16 bits per heavy atom. The zero-order chi connectivity index (χ0) is 27.6. The summed E-state index contributed by atoms with van der Waals surface area (Å²) in [6.45, 7) is 4.64. The predicted octanol–water partition coefficient (Wildman–Crippen LogP) is 6.64.